The number of aromatic nitrogens is 3. The predicted molar refractivity (Wildman–Crippen MR) is 101 cm³/mol. The zero-order chi connectivity index (χ0) is 20.6. The van der Waals surface area contributed by atoms with E-state index in [1.807, 2.05) is 0 Å². The number of carbonyl (C=O) groups excluding carboxylic acids is 1. The van der Waals surface area contributed by atoms with Gasteiger partial charge in [0.25, 0.3) is 5.91 Å². The van der Waals surface area contributed by atoms with Gasteiger partial charge in [0.15, 0.2) is 11.3 Å². The van der Waals surface area contributed by atoms with Crippen LogP contribution in [0, 0.1) is 0 Å². The summed E-state index contributed by atoms with van der Waals surface area (Å²) in [5.74, 6) is -0.346. The van der Waals surface area contributed by atoms with Crippen LogP contribution in [0.5, 0.6) is 0 Å². The van der Waals surface area contributed by atoms with Gasteiger partial charge in [-0.3, -0.25) is 4.79 Å². The van der Waals surface area contributed by atoms with Gasteiger partial charge >= 0.3 is 6.18 Å². The first kappa shape index (κ1) is 19.4. The fourth-order valence-electron chi connectivity index (χ4n) is 3.51. The molecule has 1 saturated heterocycles. The number of rotatable bonds is 3. The van der Waals surface area contributed by atoms with Crippen molar-refractivity contribution < 1.29 is 18.0 Å². The Bertz CT molecular complexity index is 1020. The summed E-state index contributed by atoms with van der Waals surface area (Å²) in [6.07, 6.45) is -3.45. The minimum Gasteiger partial charge on any atom is -0.336 e. The largest absolute Gasteiger partial charge is 0.433 e. The van der Waals surface area contributed by atoms with E-state index in [0.717, 1.165) is 25.7 Å². The number of piperazine rings is 1. The number of amides is 1. The molecule has 9 heteroatoms. The van der Waals surface area contributed by atoms with Gasteiger partial charge in [-0.05, 0) is 12.6 Å². The number of alkyl halides is 3. The number of hydrogen-bond acceptors (Lipinski definition) is 4. The molecule has 1 amide bonds. The molecule has 0 N–H and O–H groups in total. The van der Waals surface area contributed by atoms with Crippen LogP contribution in [0.25, 0.3) is 16.9 Å². The topological polar surface area (TPSA) is 53.7 Å². The highest BCUT2D eigenvalue weighted by Crippen LogP contribution is 2.32. The summed E-state index contributed by atoms with van der Waals surface area (Å²) in [7, 11) is 0. The number of benzene rings is 1. The van der Waals surface area contributed by atoms with Crippen molar-refractivity contribution in [3.63, 3.8) is 0 Å². The van der Waals surface area contributed by atoms with Gasteiger partial charge in [0.05, 0.1) is 11.9 Å². The lowest BCUT2D eigenvalue weighted by Gasteiger charge is -2.33. The second-order valence-electron chi connectivity index (χ2n) is 6.91. The normalized spacial score (nSPS) is 15.8. The maximum Gasteiger partial charge on any atom is 0.433 e. The monoisotopic (exact) mass is 403 g/mol. The molecule has 29 heavy (non-hydrogen) atoms. The fourth-order valence-corrected chi connectivity index (χ4v) is 3.51. The van der Waals surface area contributed by atoms with E-state index < -0.39 is 11.9 Å². The molecule has 0 atom stereocenters. The average molecular weight is 403 g/mol. The summed E-state index contributed by atoms with van der Waals surface area (Å²) in [4.78, 5) is 21.2. The van der Waals surface area contributed by atoms with Crippen LogP contribution in [-0.2, 0) is 6.18 Å². The summed E-state index contributed by atoms with van der Waals surface area (Å²) in [5.41, 5.74) is -0.275. The van der Waals surface area contributed by atoms with Gasteiger partial charge in [0.1, 0.15) is 5.56 Å². The van der Waals surface area contributed by atoms with Gasteiger partial charge < -0.3 is 9.80 Å². The number of halogens is 3. The van der Waals surface area contributed by atoms with Crippen molar-refractivity contribution >= 4 is 11.6 Å². The molecule has 3 heterocycles. The van der Waals surface area contributed by atoms with Gasteiger partial charge in [-0.25, -0.2) is 9.50 Å². The molecule has 0 bridgehead atoms. The van der Waals surface area contributed by atoms with E-state index in [2.05, 4.69) is 21.9 Å². The molecule has 0 radical (unpaired) electrons. The van der Waals surface area contributed by atoms with Crippen LogP contribution in [0.4, 0.5) is 13.2 Å². The van der Waals surface area contributed by atoms with Crippen LogP contribution in [0.1, 0.15) is 23.0 Å². The maximum atomic E-state index is 13.7. The third kappa shape index (κ3) is 3.69. The molecule has 0 unspecified atom stereocenters. The first-order chi connectivity index (χ1) is 13.9. The zero-order valence-corrected chi connectivity index (χ0v) is 15.9. The van der Waals surface area contributed by atoms with Crippen molar-refractivity contribution in [3.05, 3.63) is 53.9 Å². The van der Waals surface area contributed by atoms with E-state index in [1.54, 1.807) is 35.2 Å². The second-order valence-corrected chi connectivity index (χ2v) is 6.91. The fraction of sp³-hybridized carbons (Fsp3) is 0.350. The molecule has 1 aliphatic heterocycles. The maximum absolute atomic E-state index is 13.7. The van der Waals surface area contributed by atoms with Crippen molar-refractivity contribution in [1.29, 1.82) is 0 Å². The Hall–Kier alpha value is -2.94. The van der Waals surface area contributed by atoms with Crippen molar-refractivity contribution in [2.24, 2.45) is 0 Å². The van der Waals surface area contributed by atoms with Crippen LogP contribution in [0.3, 0.4) is 0 Å². The quantitative estimate of drug-likeness (QED) is 0.674. The molecule has 1 aromatic carbocycles. The summed E-state index contributed by atoms with van der Waals surface area (Å²) in [6.45, 7) is 5.46. The average Bonchev–Trinajstić information content (AvgIpc) is 3.16. The molecule has 2 aromatic heterocycles. The SMILES string of the molecule is CCN1CCN(C(=O)c2cnn3c(C(F)(F)F)cc(-c4ccccc4)nc23)CC1. The molecule has 152 valence electrons. The molecule has 0 aliphatic carbocycles. The Morgan fingerprint density at radius 3 is 2.41 bits per heavy atom. The number of nitrogens with zero attached hydrogens (tertiary/aromatic N) is 5. The number of likely N-dealkylation sites (N-methyl/N-ethyl adjacent to an activating group) is 1. The Kier molecular flexibility index (Phi) is 4.99. The lowest BCUT2D eigenvalue weighted by molar-refractivity contribution is -0.142. The third-order valence-electron chi connectivity index (χ3n) is 5.17. The van der Waals surface area contributed by atoms with Gasteiger partial charge in [-0.1, -0.05) is 37.3 Å². The van der Waals surface area contributed by atoms with Crippen molar-refractivity contribution in [3.8, 4) is 11.3 Å². The molecular formula is C20H20F3N5O. The molecule has 0 spiro atoms. The Morgan fingerprint density at radius 1 is 1.10 bits per heavy atom. The minimum absolute atomic E-state index is 0.0817. The summed E-state index contributed by atoms with van der Waals surface area (Å²) in [5, 5.41) is 3.84. The highest BCUT2D eigenvalue weighted by atomic mass is 19.4. The minimum atomic E-state index is -4.64. The van der Waals surface area contributed by atoms with Gasteiger partial charge in [0.2, 0.25) is 0 Å². The zero-order valence-electron chi connectivity index (χ0n) is 15.9. The molecule has 1 aliphatic rings. The first-order valence-electron chi connectivity index (χ1n) is 9.41. The number of hydrogen-bond donors (Lipinski definition) is 0. The van der Waals surface area contributed by atoms with E-state index >= 15 is 0 Å². The van der Waals surface area contributed by atoms with Crippen LogP contribution in [-0.4, -0.2) is 63.0 Å². The molecule has 6 nitrogen and oxygen atoms in total. The van der Waals surface area contributed by atoms with Crippen molar-refractivity contribution in [2.45, 2.75) is 13.1 Å². The lowest BCUT2D eigenvalue weighted by Crippen LogP contribution is -2.48. The van der Waals surface area contributed by atoms with Crippen LogP contribution < -0.4 is 0 Å². The summed E-state index contributed by atoms with van der Waals surface area (Å²) in [6, 6.07) is 9.55. The summed E-state index contributed by atoms with van der Waals surface area (Å²) < 4.78 is 41.7. The Labute approximate surface area is 165 Å². The highest BCUT2D eigenvalue weighted by molar-refractivity contribution is 6.00. The van der Waals surface area contributed by atoms with E-state index in [4.69, 9.17) is 0 Å². The third-order valence-corrected chi connectivity index (χ3v) is 5.17. The number of fused-ring (bicyclic) bond motifs is 1. The lowest BCUT2D eigenvalue weighted by atomic mass is 10.1. The molecular weight excluding hydrogens is 383 g/mol. The van der Waals surface area contributed by atoms with E-state index in [1.165, 1.54) is 6.20 Å². The van der Waals surface area contributed by atoms with Crippen LogP contribution >= 0.6 is 0 Å². The van der Waals surface area contributed by atoms with Crippen LogP contribution in [0.15, 0.2) is 42.6 Å². The van der Waals surface area contributed by atoms with Crippen molar-refractivity contribution in [1.82, 2.24) is 24.4 Å². The first-order valence-corrected chi connectivity index (χ1v) is 9.41. The second kappa shape index (κ2) is 7.47. The Morgan fingerprint density at radius 2 is 1.79 bits per heavy atom. The van der Waals surface area contributed by atoms with Crippen molar-refractivity contribution in [2.75, 3.05) is 32.7 Å². The van der Waals surface area contributed by atoms with E-state index in [9.17, 15) is 18.0 Å². The number of carbonyl (C=O) groups is 1. The molecule has 4 rings (SSSR count). The highest BCUT2D eigenvalue weighted by Gasteiger charge is 2.36. The van der Waals surface area contributed by atoms with E-state index in [-0.39, 0.29) is 22.8 Å². The Balaban J connectivity index is 1.79. The summed E-state index contributed by atoms with van der Waals surface area (Å²) >= 11 is 0. The molecule has 0 saturated carbocycles. The predicted octanol–water partition coefficient (Wildman–Crippen LogP) is 3.19. The molecule has 3 aromatic rings. The smallest absolute Gasteiger partial charge is 0.336 e. The van der Waals surface area contributed by atoms with Gasteiger partial charge in [0, 0.05) is 31.7 Å². The standard InChI is InChI=1S/C20H20F3N5O/c1-2-26-8-10-27(11-9-26)19(29)15-13-24-28-17(20(21,22)23)12-16(25-18(15)28)14-6-4-3-5-7-14/h3-7,12-13H,2,8-11H2,1H3. The van der Waals surface area contributed by atoms with Crippen LogP contribution in [0.2, 0.25) is 0 Å². The molecule has 1 fully saturated rings. The van der Waals surface area contributed by atoms with Gasteiger partial charge in [-0.2, -0.15) is 18.3 Å². The van der Waals surface area contributed by atoms with E-state index in [0.29, 0.717) is 23.2 Å². The van der Waals surface area contributed by atoms with Gasteiger partial charge in [-0.15, -0.1) is 0 Å².